The normalized spacial score (nSPS) is 10.2. The van der Waals surface area contributed by atoms with Gasteiger partial charge in [-0.25, -0.2) is 9.78 Å². The van der Waals surface area contributed by atoms with Crippen molar-refractivity contribution in [1.82, 2.24) is 4.98 Å². The number of hydrogen-bond donors (Lipinski definition) is 1. The van der Waals surface area contributed by atoms with Gasteiger partial charge in [0.15, 0.2) is 0 Å². The molecule has 0 saturated carbocycles. The van der Waals surface area contributed by atoms with E-state index in [2.05, 4.69) is 4.98 Å². The van der Waals surface area contributed by atoms with Crippen molar-refractivity contribution in [2.75, 3.05) is 12.3 Å². The predicted octanol–water partition coefficient (Wildman–Crippen LogP) is 3.13. The Morgan fingerprint density at radius 1 is 1.25 bits per heavy atom. The predicted molar refractivity (Wildman–Crippen MR) is 80.6 cm³/mol. The number of rotatable bonds is 5. The Labute approximate surface area is 122 Å². The van der Waals surface area contributed by atoms with Crippen LogP contribution >= 0.6 is 11.8 Å². The molecule has 2 aromatic rings. The molecule has 0 unspecified atom stereocenters. The molecular weight excluding hydrogens is 272 g/mol. The van der Waals surface area contributed by atoms with E-state index in [0.717, 1.165) is 16.3 Å². The third-order valence-corrected chi connectivity index (χ3v) is 3.63. The molecule has 1 aromatic carbocycles. The van der Waals surface area contributed by atoms with Gasteiger partial charge in [0.05, 0.1) is 29.1 Å². The lowest BCUT2D eigenvalue weighted by molar-refractivity contribution is 0.0526. The first-order chi connectivity index (χ1) is 9.69. The zero-order valence-electron chi connectivity index (χ0n) is 11.2. The van der Waals surface area contributed by atoms with Gasteiger partial charge in [0.1, 0.15) is 0 Å². The van der Waals surface area contributed by atoms with Gasteiger partial charge in [-0.2, -0.15) is 0 Å². The van der Waals surface area contributed by atoms with E-state index in [0.29, 0.717) is 17.9 Å². The Balaban J connectivity index is 1.93. The minimum Gasteiger partial charge on any atom is -0.462 e. The highest BCUT2D eigenvalue weighted by atomic mass is 32.2. The smallest absolute Gasteiger partial charge is 0.338 e. The highest BCUT2D eigenvalue weighted by molar-refractivity contribution is 7.98. The van der Waals surface area contributed by atoms with Crippen molar-refractivity contribution in [2.24, 2.45) is 0 Å². The van der Waals surface area contributed by atoms with Crippen LogP contribution in [-0.4, -0.2) is 17.6 Å². The van der Waals surface area contributed by atoms with Crippen LogP contribution in [0.5, 0.6) is 0 Å². The molecule has 2 N–H and O–H groups in total. The van der Waals surface area contributed by atoms with Crippen molar-refractivity contribution < 1.29 is 9.53 Å². The number of carbonyl (C=O) groups is 1. The maximum Gasteiger partial charge on any atom is 0.338 e. The summed E-state index contributed by atoms with van der Waals surface area (Å²) in [6.45, 7) is 2.18. The molecule has 0 amide bonds. The van der Waals surface area contributed by atoms with Crippen LogP contribution in [0.25, 0.3) is 0 Å². The fourth-order valence-electron chi connectivity index (χ4n) is 1.59. The Bertz CT molecular complexity index is 567. The quantitative estimate of drug-likeness (QED) is 0.676. The third kappa shape index (κ3) is 3.99. The molecule has 0 bridgehead atoms. The van der Waals surface area contributed by atoms with Crippen molar-refractivity contribution >= 4 is 23.4 Å². The van der Waals surface area contributed by atoms with E-state index in [1.807, 2.05) is 24.3 Å². The number of aromatic nitrogens is 1. The zero-order chi connectivity index (χ0) is 14.4. The van der Waals surface area contributed by atoms with Crippen LogP contribution in [0.1, 0.15) is 22.8 Å². The largest absolute Gasteiger partial charge is 0.462 e. The fourth-order valence-corrected chi connectivity index (χ4v) is 2.38. The van der Waals surface area contributed by atoms with Crippen molar-refractivity contribution in [3.05, 3.63) is 53.7 Å². The average molecular weight is 288 g/mol. The van der Waals surface area contributed by atoms with Gasteiger partial charge in [-0.1, -0.05) is 12.1 Å². The zero-order valence-corrected chi connectivity index (χ0v) is 12.0. The van der Waals surface area contributed by atoms with E-state index in [9.17, 15) is 4.79 Å². The molecule has 4 nitrogen and oxygen atoms in total. The molecule has 0 spiro atoms. The fraction of sp³-hybridized carbons (Fsp3) is 0.200. The monoisotopic (exact) mass is 288 g/mol. The van der Waals surface area contributed by atoms with Crippen LogP contribution in [0.3, 0.4) is 0 Å². The molecule has 2 rings (SSSR count). The van der Waals surface area contributed by atoms with Crippen LogP contribution < -0.4 is 5.73 Å². The van der Waals surface area contributed by atoms with Crippen molar-refractivity contribution in [1.29, 1.82) is 0 Å². The van der Waals surface area contributed by atoms with E-state index in [1.54, 1.807) is 37.0 Å². The minimum absolute atomic E-state index is 0.285. The van der Waals surface area contributed by atoms with Gasteiger partial charge in [0, 0.05) is 5.75 Å². The second-order valence-electron chi connectivity index (χ2n) is 4.14. The maximum atomic E-state index is 11.5. The Hall–Kier alpha value is -2.01. The van der Waals surface area contributed by atoms with Gasteiger partial charge in [-0.3, -0.25) is 0 Å². The molecule has 104 valence electrons. The second-order valence-corrected chi connectivity index (χ2v) is 5.13. The standard InChI is InChI=1S/C15H16N2O2S/c1-2-19-15(18)12-5-3-11(4-6-12)10-20-14-8-7-13(16)9-17-14/h3-9H,2,10,16H2,1H3. The first-order valence-electron chi connectivity index (χ1n) is 6.29. The summed E-state index contributed by atoms with van der Waals surface area (Å²) >= 11 is 1.62. The highest BCUT2D eigenvalue weighted by Gasteiger charge is 2.05. The molecule has 0 aliphatic carbocycles. The van der Waals surface area contributed by atoms with Crippen LogP contribution in [0, 0.1) is 0 Å². The van der Waals surface area contributed by atoms with Crippen LogP contribution in [-0.2, 0) is 10.5 Å². The average Bonchev–Trinajstić information content (AvgIpc) is 2.47. The second kappa shape index (κ2) is 6.96. The number of esters is 1. The van der Waals surface area contributed by atoms with Gasteiger partial charge in [0.2, 0.25) is 0 Å². The highest BCUT2D eigenvalue weighted by Crippen LogP contribution is 2.21. The van der Waals surface area contributed by atoms with E-state index in [-0.39, 0.29) is 5.97 Å². The molecule has 0 aliphatic rings. The molecule has 0 atom stereocenters. The third-order valence-electron chi connectivity index (χ3n) is 2.61. The molecule has 1 aromatic heterocycles. The van der Waals surface area contributed by atoms with Gasteiger partial charge >= 0.3 is 5.97 Å². The number of benzene rings is 1. The number of ether oxygens (including phenoxy) is 1. The molecule has 20 heavy (non-hydrogen) atoms. The van der Waals surface area contributed by atoms with Gasteiger partial charge in [-0.05, 0) is 36.8 Å². The van der Waals surface area contributed by atoms with E-state index >= 15 is 0 Å². The first kappa shape index (κ1) is 14.4. The van der Waals surface area contributed by atoms with Gasteiger partial charge in [-0.15, -0.1) is 11.8 Å². The van der Waals surface area contributed by atoms with Crippen molar-refractivity contribution in [3.8, 4) is 0 Å². The van der Waals surface area contributed by atoms with E-state index in [4.69, 9.17) is 10.5 Å². The number of hydrogen-bond acceptors (Lipinski definition) is 5. The number of pyridine rings is 1. The molecule has 0 saturated heterocycles. The maximum absolute atomic E-state index is 11.5. The number of nitrogens with two attached hydrogens (primary N) is 1. The summed E-state index contributed by atoms with van der Waals surface area (Å²) in [4.78, 5) is 15.7. The van der Waals surface area contributed by atoms with Crippen molar-refractivity contribution in [2.45, 2.75) is 17.7 Å². The summed E-state index contributed by atoms with van der Waals surface area (Å²) in [5.74, 6) is 0.506. The van der Waals surface area contributed by atoms with Gasteiger partial charge in [0.25, 0.3) is 0 Å². The summed E-state index contributed by atoms with van der Waals surface area (Å²) in [6.07, 6.45) is 1.65. The summed E-state index contributed by atoms with van der Waals surface area (Å²) < 4.78 is 4.94. The summed E-state index contributed by atoms with van der Waals surface area (Å²) in [5.41, 5.74) is 7.95. The summed E-state index contributed by atoms with van der Waals surface area (Å²) in [5, 5.41) is 0.925. The van der Waals surface area contributed by atoms with Crippen LogP contribution in [0.15, 0.2) is 47.6 Å². The molecule has 0 fully saturated rings. The molecule has 0 radical (unpaired) electrons. The van der Waals surface area contributed by atoms with Gasteiger partial charge < -0.3 is 10.5 Å². The van der Waals surface area contributed by atoms with Crippen molar-refractivity contribution in [3.63, 3.8) is 0 Å². The Morgan fingerprint density at radius 2 is 2.00 bits per heavy atom. The topological polar surface area (TPSA) is 65.2 Å². The van der Waals surface area contributed by atoms with E-state index in [1.165, 1.54) is 0 Å². The first-order valence-corrected chi connectivity index (χ1v) is 7.28. The van der Waals surface area contributed by atoms with Crippen LogP contribution in [0.4, 0.5) is 5.69 Å². The molecule has 0 aliphatic heterocycles. The summed E-state index contributed by atoms with van der Waals surface area (Å²) in [7, 11) is 0. The SMILES string of the molecule is CCOC(=O)c1ccc(CSc2ccc(N)cn2)cc1. The van der Waals surface area contributed by atoms with E-state index < -0.39 is 0 Å². The lowest BCUT2D eigenvalue weighted by Crippen LogP contribution is -2.04. The number of carbonyl (C=O) groups excluding carboxylic acids is 1. The number of anilines is 1. The molecular formula is C15H16N2O2S. The number of nitrogens with zero attached hydrogens (tertiary/aromatic N) is 1. The minimum atomic E-state index is -0.285. The molecule has 5 heteroatoms. The number of nitrogen functional groups attached to an aromatic ring is 1. The summed E-state index contributed by atoms with van der Waals surface area (Å²) in [6, 6.07) is 11.1. The Morgan fingerprint density at radius 3 is 2.60 bits per heavy atom. The van der Waals surface area contributed by atoms with Crippen LogP contribution in [0.2, 0.25) is 0 Å². The number of thioether (sulfide) groups is 1. The lowest BCUT2D eigenvalue weighted by Gasteiger charge is -2.04. The molecule has 1 heterocycles. The lowest BCUT2D eigenvalue weighted by atomic mass is 10.1. The Kier molecular flexibility index (Phi) is 5.01.